The van der Waals surface area contributed by atoms with Crippen LogP contribution in [0.4, 0.5) is 0 Å². The molecule has 0 aromatic heterocycles. The molecule has 0 saturated heterocycles. The van der Waals surface area contributed by atoms with Crippen LogP contribution in [0.1, 0.15) is 68.2 Å². The zero-order valence-electron chi connectivity index (χ0n) is 24.0. The summed E-state index contributed by atoms with van der Waals surface area (Å²) in [5.41, 5.74) is 3.15. The highest BCUT2D eigenvalue weighted by Gasteiger charge is 2.29. The fourth-order valence-corrected chi connectivity index (χ4v) is 4.60. The van der Waals surface area contributed by atoms with Gasteiger partial charge in [-0.15, -0.1) is 0 Å². The van der Waals surface area contributed by atoms with Gasteiger partial charge >= 0.3 is 5.97 Å². The van der Waals surface area contributed by atoms with Gasteiger partial charge in [-0.2, -0.15) is 0 Å². The van der Waals surface area contributed by atoms with Gasteiger partial charge in [0.2, 0.25) is 0 Å². The second-order valence-electron chi connectivity index (χ2n) is 10.8. The Morgan fingerprint density at radius 2 is 1.73 bits per heavy atom. The van der Waals surface area contributed by atoms with Gasteiger partial charge in [-0.3, -0.25) is 4.79 Å². The van der Waals surface area contributed by atoms with Crippen molar-refractivity contribution in [1.82, 2.24) is 0 Å². The van der Waals surface area contributed by atoms with E-state index in [1.807, 2.05) is 71.9 Å². The number of aliphatic hydroxyl groups is 2. The zero-order valence-corrected chi connectivity index (χ0v) is 24.0. The quantitative estimate of drug-likeness (QED) is 0.162. The lowest BCUT2D eigenvalue weighted by Gasteiger charge is -2.25. The number of carbonyl (C=O) groups excluding carboxylic acids is 2. The van der Waals surface area contributed by atoms with E-state index in [4.69, 9.17) is 9.84 Å². The molecule has 0 radical (unpaired) electrons. The van der Waals surface area contributed by atoms with Crippen LogP contribution in [0.3, 0.4) is 0 Å². The third-order valence-electron chi connectivity index (χ3n) is 6.88. The van der Waals surface area contributed by atoms with E-state index in [2.05, 4.69) is 19.1 Å². The lowest BCUT2D eigenvalue weighted by Crippen LogP contribution is -2.34. The highest BCUT2D eigenvalue weighted by atomic mass is 16.5. The topological polar surface area (TPSA) is 83.8 Å². The summed E-state index contributed by atoms with van der Waals surface area (Å²) in [6.45, 7) is 15.7. The zero-order chi connectivity index (χ0) is 28.1. The van der Waals surface area contributed by atoms with Crippen LogP contribution in [0.25, 0.3) is 0 Å². The maximum Gasteiger partial charge on any atom is 0.331 e. The average Bonchev–Trinajstić information content (AvgIpc) is 2.83. The Morgan fingerprint density at radius 1 is 1.08 bits per heavy atom. The molecule has 1 aliphatic rings. The first-order valence-corrected chi connectivity index (χ1v) is 13.4. The summed E-state index contributed by atoms with van der Waals surface area (Å²) in [4.78, 5) is 24.4. The Morgan fingerprint density at radius 3 is 2.38 bits per heavy atom. The van der Waals surface area contributed by atoms with E-state index in [1.54, 1.807) is 13.0 Å². The molecule has 0 aromatic rings. The Balaban J connectivity index is 2.62. The number of aliphatic hydroxyl groups excluding tert-OH is 2. The Kier molecular flexibility index (Phi) is 14.4. The number of hydrogen-bond acceptors (Lipinski definition) is 5. The van der Waals surface area contributed by atoms with Crippen molar-refractivity contribution < 1.29 is 24.5 Å². The van der Waals surface area contributed by atoms with E-state index in [1.165, 1.54) is 6.08 Å². The Labute approximate surface area is 224 Å². The molecule has 5 nitrogen and oxygen atoms in total. The molecule has 1 heterocycles. The predicted molar refractivity (Wildman–Crippen MR) is 152 cm³/mol. The normalized spacial score (nSPS) is 23.7. The molecule has 0 aliphatic carbocycles. The summed E-state index contributed by atoms with van der Waals surface area (Å²) >= 11 is 0. The van der Waals surface area contributed by atoms with Crippen LogP contribution in [-0.4, -0.2) is 40.8 Å². The fraction of sp³-hybridized carbons (Fsp3) is 0.562. The molecular weight excluding hydrogens is 464 g/mol. The summed E-state index contributed by atoms with van der Waals surface area (Å²) in [6.07, 6.45) is 17.9. The second kappa shape index (κ2) is 16.4. The Hall–Kier alpha value is -2.50. The van der Waals surface area contributed by atoms with E-state index in [0.717, 1.165) is 23.1 Å². The van der Waals surface area contributed by atoms with Crippen LogP contribution in [0.5, 0.6) is 0 Å². The van der Waals surface area contributed by atoms with Crippen molar-refractivity contribution >= 4 is 11.8 Å². The standard InChI is InChI=1S/C32H48O5/c1-21(18-23(3)12-14-29-25(5)13-15-30(34)37-29)10-9-11-22(2)19-26(6)31(35)28(8)32(36)27(7)20-24(4)16-17-33/h9,11-16,18-19,21,25-29,32-33,36H,10,17,20H2,1-8H3/t21-,25+,26-,27+,28-,29+,32-/m1/s1. The molecule has 0 aromatic carbocycles. The van der Waals surface area contributed by atoms with Crippen molar-refractivity contribution in [3.8, 4) is 0 Å². The number of allylic oxidation sites excluding steroid dienone is 8. The highest BCUT2D eigenvalue weighted by molar-refractivity contribution is 5.85. The predicted octanol–water partition coefficient (Wildman–Crippen LogP) is 6.30. The molecule has 5 heteroatoms. The first-order valence-electron chi connectivity index (χ1n) is 13.4. The molecule has 0 spiro atoms. The third kappa shape index (κ3) is 12.1. The number of Topliss-reactive ketones (excluding diaryl/α,β-unsaturated/α-hetero) is 1. The van der Waals surface area contributed by atoms with Crippen LogP contribution < -0.4 is 0 Å². The molecule has 0 saturated carbocycles. The Bertz CT molecular complexity index is 933. The van der Waals surface area contributed by atoms with Crippen molar-refractivity contribution in [3.05, 3.63) is 71.4 Å². The number of carbonyl (C=O) groups is 2. The van der Waals surface area contributed by atoms with Crippen molar-refractivity contribution in [2.45, 2.75) is 80.4 Å². The molecule has 206 valence electrons. The minimum absolute atomic E-state index is 0.0140. The molecular formula is C32H48O5. The maximum atomic E-state index is 12.9. The van der Waals surface area contributed by atoms with Crippen LogP contribution in [0, 0.1) is 29.6 Å². The van der Waals surface area contributed by atoms with E-state index in [-0.39, 0.29) is 42.2 Å². The lowest BCUT2D eigenvalue weighted by atomic mass is 9.83. The number of ether oxygens (including phenoxy) is 1. The van der Waals surface area contributed by atoms with Crippen LogP contribution in [-0.2, 0) is 14.3 Å². The van der Waals surface area contributed by atoms with Gasteiger partial charge in [0.15, 0.2) is 0 Å². The summed E-state index contributed by atoms with van der Waals surface area (Å²) in [7, 11) is 0. The van der Waals surface area contributed by atoms with E-state index in [9.17, 15) is 14.7 Å². The molecule has 1 rings (SSSR count). The summed E-state index contributed by atoms with van der Waals surface area (Å²) in [5.74, 6) is -0.580. The van der Waals surface area contributed by atoms with Gasteiger partial charge in [0.05, 0.1) is 12.7 Å². The smallest absolute Gasteiger partial charge is 0.331 e. The van der Waals surface area contributed by atoms with Crippen LogP contribution in [0.2, 0.25) is 0 Å². The van der Waals surface area contributed by atoms with Crippen LogP contribution in [0.15, 0.2) is 71.4 Å². The van der Waals surface area contributed by atoms with Crippen molar-refractivity contribution in [1.29, 1.82) is 0 Å². The van der Waals surface area contributed by atoms with Gasteiger partial charge in [0.25, 0.3) is 0 Å². The van der Waals surface area contributed by atoms with Gasteiger partial charge in [-0.05, 0) is 51.5 Å². The van der Waals surface area contributed by atoms with Gasteiger partial charge in [-0.25, -0.2) is 4.79 Å². The van der Waals surface area contributed by atoms with Gasteiger partial charge in [-0.1, -0.05) is 93.9 Å². The van der Waals surface area contributed by atoms with Crippen molar-refractivity contribution in [3.63, 3.8) is 0 Å². The minimum atomic E-state index is -0.726. The summed E-state index contributed by atoms with van der Waals surface area (Å²) < 4.78 is 5.35. The first kappa shape index (κ1) is 32.5. The molecule has 2 N–H and O–H groups in total. The monoisotopic (exact) mass is 512 g/mol. The van der Waals surface area contributed by atoms with Gasteiger partial charge in [0.1, 0.15) is 11.9 Å². The first-order chi connectivity index (χ1) is 17.3. The summed E-state index contributed by atoms with van der Waals surface area (Å²) in [5, 5.41) is 19.7. The van der Waals surface area contributed by atoms with Crippen molar-refractivity contribution in [2.24, 2.45) is 29.6 Å². The largest absolute Gasteiger partial charge is 0.454 e. The lowest BCUT2D eigenvalue weighted by molar-refractivity contribution is -0.143. The SMILES string of the molecule is CC(C=CC[C@@H](C)C=C(C)C=C[C@@H]1OC(=O)C=C[C@@H]1C)=C[C@@H](C)C(=O)[C@@H](C)[C@H](O)[C@@H](C)CC(C)=CCO. The molecule has 0 fully saturated rings. The molecule has 0 bridgehead atoms. The number of rotatable bonds is 14. The van der Waals surface area contributed by atoms with Crippen molar-refractivity contribution in [2.75, 3.05) is 6.61 Å². The molecule has 0 unspecified atom stereocenters. The van der Waals surface area contributed by atoms with Crippen LogP contribution >= 0.6 is 0 Å². The third-order valence-corrected chi connectivity index (χ3v) is 6.88. The number of ketones is 1. The van der Waals surface area contributed by atoms with Gasteiger partial charge in [0, 0.05) is 23.8 Å². The minimum Gasteiger partial charge on any atom is -0.454 e. The second-order valence-corrected chi connectivity index (χ2v) is 10.8. The van der Waals surface area contributed by atoms with E-state index < -0.39 is 12.0 Å². The highest BCUT2D eigenvalue weighted by Crippen LogP contribution is 2.24. The molecule has 0 amide bonds. The average molecular weight is 513 g/mol. The van der Waals surface area contributed by atoms with Gasteiger partial charge < -0.3 is 14.9 Å². The maximum absolute atomic E-state index is 12.9. The fourth-order valence-electron chi connectivity index (χ4n) is 4.60. The number of esters is 1. The molecule has 37 heavy (non-hydrogen) atoms. The summed E-state index contributed by atoms with van der Waals surface area (Å²) in [6, 6.07) is 0. The number of hydrogen-bond donors (Lipinski definition) is 2. The molecule has 1 aliphatic heterocycles. The van der Waals surface area contributed by atoms with E-state index in [0.29, 0.717) is 12.3 Å². The molecule has 7 atom stereocenters. The number of cyclic esters (lactones) is 1. The van der Waals surface area contributed by atoms with E-state index >= 15 is 0 Å².